The maximum atomic E-state index is 12.1. The molecule has 2 aromatic rings. The molecule has 0 aliphatic carbocycles. The van der Waals surface area contributed by atoms with E-state index in [1.807, 2.05) is 24.3 Å². The van der Waals surface area contributed by atoms with Gasteiger partial charge < -0.3 is 14.8 Å². The van der Waals surface area contributed by atoms with E-state index in [4.69, 9.17) is 21.1 Å². The Morgan fingerprint density at radius 2 is 1.83 bits per heavy atom. The number of benzene rings is 2. The van der Waals surface area contributed by atoms with Crippen molar-refractivity contribution >= 4 is 50.9 Å². The molecule has 4 nitrogen and oxygen atoms in total. The Hall–Kier alpha value is -1.37. The zero-order valence-corrected chi connectivity index (χ0v) is 15.7. The van der Waals surface area contributed by atoms with Crippen molar-refractivity contribution in [3.05, 3.63) is 45.9 Å². The maximum absolute atomic E-state index is 12.1. The fraction of sp³-hybridized carbons (Fsp3) is 0.188. The van der Waals surface area contributed by atoms with E-state index in [0.717, 1.165) is 9.37 Å². The van der Waals surface area contributed by atoms with Crippen LogP contribution in [0.4, 0.5) is 5.69 Å². The molecule has 0 spiro atoms. The average Bonchev–Trinajstić information content (AvgIpc) is 2.55. The summed E-state index contributed by atoms with van der Waals surface area (Å²) < 4.78 is 11.4. The van der Waals surface area contributed by atoms with E-state index in [2.05, 4.69) is 21.2 Å². The van der Waals surface area contributed by atoms with E-state index in [0.29, 0.717) is 22.2 Å². The Kier molecular flexibility index (Phi) is 6.62. The molecule has 1 amide bonds. The van der Waals surface area contributed by atoms with Crippen LogP contribution in [0.5, 0.6) is 11.5 Å². The fourth-order valence-electron chi connectivity index (χ4n) is 1.82. The van der Waals surface area contributed by atoms with Crippen LogP contribution in [0.25, 0.3) is 0 Å². The molecule has 0 aliphatic heterocycles. The van der Waals surface area contributed by atoms with E-state index in [9.17, 15) is 4.79 Å². The van der Waals surface area contributed by atoms with Gasteiger partial charge in [-0.05, 0) is 24.3 Å². The molecule has 0 saturated heterocycles. The van der Waals surface area contributed by atoms with Gasteiger partial charge >= 0.3 is 0 Å². The summed E-state index contributed by atoms with van der Waals surface area (Å²) in [5, 5.41) is 3.24. The Morgan fingerprint density at radius 3 is 2.43 bits per heavy atom. The van der Waals surface area contributed by atoms with Crippen LogP contribution in [0, 0.1) is 0 Å². The number of hydrogen-bond donors (Lipinski definition) is 1. The maximum Gasteiger partial charge on any atom is 0.234 e. The summed E-state index contributed by atoms with van der Waals surface area (Å²) in [6.45, 7) is 0. The highest BCUT2D eigenvalue weighted by Crippen LogP contribution is 2.36. The zero-order chi connectivity index (χ0) is 16.8. The molecule has 0 aromatic heterocycles. The van der Waals surface area contributed by atoms with Gasteiger partial charge in [0, 0.05) is 21.5 Å². The number of amides is 1. The van der Waals surface area contributed by atoms with Gasteiger partial charge in [0.2, 0.25) is 5.91 Å². The van der Waals surface area contributed by atoms with Gasteiger partial charge in [-0.1, -0.05) is 27.5 Å². The summed E-state index contributed by atoms with van der Waals surface area (Å²) in [5.74, 6) is 1.11. The molecule has 0 unspecified atom stereocenters. The van der Waals surface area contributed by atoms with Crippen LogP contribution in [-0.4, -0.2) is 25.9 Å². The van der Waals surface area contributed by atoms with Gasteiger partial charge in [0.25, 0.3) is 0 Å². The lowest BCUT2D eigenvalue weighted by Gasteiger charge is -2.13. The van der Waals surface area contributed by atoms with Crippen molar-refractivity contribution in [2.75, 3.05) is 25.3 Å². The molecule has 0 atom stereocenters. The predicted octanol–water partition coefficient (Wildman–Crippen LogP) is 4.85. The highest BCUT2D eigenvalue weighted by atomic mass is 79.9. The number of nitrogens with one attached hydrogen (secondary N) is 1. The summed E-state index contributed by atoms with van der Waals surface area (Å²) in [6, 6.07) is 11.0. The molecule has 1 N–H and O–H groups in total. The first-order valence-electron chi connectivity index (χ1n) is 6.63. The zero-order valence-electron chi connectivity index (χ0n) is 12.6. The Balaban J connectivity index is 2.03. The first-order chi connectivity index (χ1) is 11.0. The fourth-order valence-corrected chi connectivity index (χ4v) is 3.02. The highest BCUT2D eigenvalue weighted by Gasteiger charge is 2.12. The van der Waals surface area contributed by atoms with Crippen molar-refractivity contribution in [1.29, 1.82) is 0 Å². The van der Waals surface area contributed by atoms with Crippen molar-refractivity contribution < 1.29 is 14.3 Å². The van der Waals surface area contributed by atoms with Crippen LogP contribution >= 0.6 is 39.3 Å². The average molecular weight is 417 g/mol. The second-order valence-corrected chi connectivity index (χ2v) is 6.85. The summed E-state index contributed by atoms with van der Waals surface area (Å²) in [7, 11) is 3.03. The number of thioether (sulfide) groups is 1. The SMILES string of the molecule is COc1cc(NC(=O)CSc2ccc(Br)cc2)c(OC)cc1Cl. The van der Waals surface area contributed by atoms with Crippen molar-refractivity contribution in [2.24, 2.45) is 0 Å². The molecule has 0 aliphatic rings. The third kappa shape index (κ3) is 5.06. The van der Waals surface area contributed by atoms with E-state index in [1.54, 1.807) is 12.1 Å². The van der Waals surface area contributed by atoms with E-state index >= 15 is 0 Å². The Labute approximate surface area is 152 Å². The lowest BCUT2D eigenvalue weighted by Crippen LogP contribution is -2.14. The molecule has 23 heavy (non-hydrogen) atoms. The molecule has 0 radical (unpaired) electrons. The number of halogens is 2. The normalized spacial score (nSPS) is 10.3. The number of carbonyl (C=O) groups excluding carboxylic acids is 1. The van der Waals surface area contributed by atoms with Gasteiger partial charge in [0.1, 0.15) is 11.5 Å². The van der Waals surface area contributed by atoms with E-state index in [-0.39, 0.29) is 11.7 Å². The second-order valence-electron chi connectivity index (χ2n) is 4.48. The summed E-state index contributed by atoms with van der Waals surface area (Å²) in [5.41, 5.74) is 0.523. The second kappa shape index (κ2) is 8.47. The Bertz CT molecular complexity index is 694. The van der Waals surface area contributed by atoms with Gasteiger partial charge in [-0.25, -0.2) is 0 Å². The molecule has 122 valence electrons. The van der Waals surface area contributed by atoms with E-state index < -0.39 is 0 Å². The molecule has 2 rings (SSSR count). The topological polar surface area (TPSA) is 47.6 Å². The largest absolute Gasteiger partial charge is 0.495 e. The number of ether oxygens (including phenoxy) is 2. The lowest BCUT2D eigenvalue weighted by atomic mass is 10.2. The number of methoxy groups -OCH3 is 2. The summed E-state index contributed by atoms with van der Waals surface area (Å²) in [4.78, 5) is 13.2. The van der Waals surface area contributed by atoms with Gasteiger partial charge in [-0.3, -0.25) is 4.79 Å². The standard InChI is InChI=1S/C16H15BrClNO3S/c1-21-14-8-13(15(22-2)7-12(14)18)19-16(20)9-23-11-5-3-10(17)4-6-11/h3-8H,9H2,1-2H3,(H,19,20). The van der Waals surface area contributed by atoms with Crippen LogP contribution in [-0.2, 0) is 4.79 Å². The van der Waals surface area contributed by atoms with Crippen molar-refractivity contribution in [2.45, 2.75) is 4.90 Å². The molecule has 7 heteroatoms. The summed E-state index contributed by atoms with van der Waals surface area (Å²) >= 11 is 10.9. The molecule has 2 aromatic carbocycles. The van der Waals surface area contributed by atoms with Crippen molar-refractivity contribution in [3.8, 4) is 11.5 Å². The van der Waals surface area contributed by atoms with Crippen LogP contribution in [0.1, 0.15) is 0 Å². The Morgan fingerprint density at radius 1 is 1.17 bits per heavy atom. The van der Waals surface area contributed by atoms with Gasteiger partial charge in [0.15, 0.2) is 0 Å². The third-order valence-corrected chi connectivity index (χ3v) is 4.77. The van der Waals surface area contributed by atoms with Gasteiger partial charge in [-0.15, -0.1) is 11.8 Å². The van der Waals surface area contributed by atoms with Crippen LogP contribution in [0.3, 0.4) is 0 Å². The van der Waals surface area contributed by atoms with Crippen molar-refractivity contribution in [1.82, 2.24) is 0 Å². The number of rotatable bonds is 6. The van der Waals surface area contributed by atoms with Crippen LogP contribution in [0.15, 0.2) is 45.8 Å². The quantitative estimate of drug-likeness (QED) is 0.684. The van der Waals surface area contributed by atoms with Gasteiger partial charge in [0.05, 0.1) is 30.7 Å². The number of carbonyl (C=O) groups is 1. The number of anilines is 1. The number of hydrogen-bond acceptors (Lipinski definition) is 4. The minimum absolute atomic E-state index is 0.138. The molecular formula is C16H15BrClNO3S. The minimum Gasteiger partial charge on any atom is -0.495 e. The van der Waals surface area contributed by atoms with Crippen molar-refractivity contribution in [3.63, 3.8) is 0 Å². The molecule has 0 heterocycles. The smallest absolute Gasteiger partial charge is 0.234 e. The molecule has 0 fully saturated rings. The first-order valence-corrected chi connectivity index (χ1v) is 8.79. The third-order valence-electron chi connectivity index (χ3n) is 2.93. The minimum atomic E-state index is -0.138. The lowest BCUT2D eigenvalue weighted by molar-refractivity contribution is -0.113. The monoisotopic (exact) mass is 415 g/mol. The van der Waals surface area contributed by atoms with Gasteiger partial charge in [-0.2, -0.15) is 0 Å². The van der Waals surface area contributed by atoms with Crippen LogP contribution in [0.2, 0.25) is 5.02 Å². The molecular weight excluding hydrogens is 402 g/mol. The summed E-state index contributed by atoms with van der Waals surface area (Å²) in [6.07, 6.45) is 0. The first kappa shape index (κ1) is 18.0. The molecule has 0 bridgehead atoms. The predicted molar refractivity (Wildman–Crippen MR) is 98.1 cm³/mol. The van der Waals surface area contributed by atoms with Crippen LogP contribution < -0.4 is 14.8 Å². The highest BCUT2D eigenvalue weighted by molar-refractivity contribution is 9.10. The molecule has 0 saturated carbocycles. The van der Waals surface area contributed by atoms with E-state index in [1.165, 1.54) is 26.0 Å².